The largest absolute Gasteiger partial charge is 0.481 e. The molecule has 0 radical (unpaired) electrons. The molecule has 0 spiro atoms. The van der Waals surface area contributed by atoms with Crippen LogP contribution >= 0.6 is 0 Å². The topological polar surface area (TPSA) is 37.3 Å². The number of carbonyl (C=O) groups is 1. The normalized spacial score (nSPS) is 48.7. The number of rotatable bonds is 1. The van der Waals surface area contributed by atoms with Crippen LogP contribution in [0.25, 0.3) is 0 Å². The fourth-order valence-electron chi connectivity index (χ4n) is 4.37. The SMILES string of the molecule is O=C(O)C12CC3CC(CC(C3)C1)C2.[MgH2]. The van der Waals surface area contributed by atoms with Gasteiger partial charge in [-0.1, -0.05) is 0 Å². The highest BCUT2D eigenvalue weighted by Gasteiger charge is 2.54. The predicted octanol–water partition coefficient (Wildman–Crippen LogP) is 1.37. The molecule has 0 unspecified atom stereocenters. The summed E-state index contributed by atoms with van der Waals surface area (Å²) in [6.45, 7) is 0. The molecule has 0 amide bonds. The van der Waals surface area contributed by atoms with E-state index in [4.69, 9.17) is 0 Å². The number of aliphatic carboxylic acids is 1. The van der Waals surface area contributed by atoms with Crippen molar-refractivity contribution in [1.29, 1.82) is 0 Å². The van der Waals surface area contributed by atoms with Gasteiger partial charge in [0.05, 0.1) is 5.41 Å². The summed E-state index contributed by atoms with van der Waals surface area (Å²) in [5.74, 6) is 1.75. The zero-order chi connectivity index (χ0) is 9.05. The fourth-order valence-corrected chi connectivity index (χ4v) is 4.37. The molecule has 2 nitrogen and oxygen atoms in total. The molecule has 3 heteroatoms. The maximum atomic E-state index is 11.3. The Morgan fingerprint density at radius 1 is 1.00 bits per heavy atom. The Morgan fingerprint density at radius 3 is 1.64 bits per heavy atom. The first-order chi connectivity index (χ1) is 6.18. The van der Waals surface area contributed by atoms with Crippen LogP contribution in [-0.2, 0) is 4.79 Å². The molecule has 4 fully saturated rings. The third-order valence-corrected chi connectivity index (χ3v) is 4.49. The van der Waals surface area contributed by atoms with E-state index in [0.717, 1.165) is 37.0 Å². The van der Waals surface area contributed by atoms with E-state index in [-0.39, 0.29) is 28.5 Å². The minimum absolute atomic E-state index is 0. The highest BCUT2D eigenvalue weighted by atomic mass is 24.3. The van der Waals surface area contributed by atoms with E-state index in [1.165, 1.54) is 19.3 Å². The Bertz CT molecular complexity index is 227. The molecule has 4 saturated carbocycles. The molecule has 4 rings (SSSR count). The minimum Gasteiger partial charge on any atom is -0.481 e. The predicted molar refractivity (Wildman–Crippen MR) is 56.8 cm³/mol. The van der Waals surface area contributed by atoms with Gasteiger partial charge < -0.3 is 5.11 Å². The summed E-state index contributed by atoms with van der Waals surface area (Å²) in [5.41, 5.74) is -0.283. The maximum Gasteiger partial charge on any atom is 0.316 e. The van der Waals surface area contributed by atoms with Gasteiger partial charge in [0, 0.05) is 0 Å². The highest BCUT2D eigenvalue weighted by molar-refractivity contribution is 5.75. The molecule has 76 valence electrons. The molecule has 4 bridgehead atoms. The first-order valence-corrected chi connectivity index (χ1v) is 5.41. The lowest BCUT2D eigenvalue weighted by molar-refractivity contribution is -0.164. The summed E-state index contributed by atoms with van der Waals surface area (Å²) >= 11 is 0. The zero-order valence-electron chi connectivity index (χ0n) is 7.83. The molecule has 0 aromatic carbocycles. The molecule has 4 aliphatic rings. The van der Waals surface area contributed by atoms with Crippen molar-refractivity contribution in [3.63, 3.8) is 0 Å². The Morgan fingerprint density at radius 2 is 1.36 bits per heavy atom. The van der Waals surface area contributed by atoms with Crippen molar-refractivity contribution in [2.75, 3.05) is 0 Å². The van der Waals surface area contributed by atoms with E-state index in [1.54, 1.807) is 0 Å². The van der Waals surface area contributed by atoms with Crippen molar-refractivity contribution >= 4 is 29.0 Å². The van der Waals surface area contributed by atoms with Gasteiger partial charge in [0.25, 0.3) is 0 Å². The van der Waals surface area contributed by atoms with E-state index in [1.807, 2.05) is 0 Å². The third kappa shape index (κ3) is 1.40. The Hall–Kier alpha value is 0.236. The first kappa shape index (κ1) is 10.7. The maximum absolute atomic E-state index is 11.3. The lowest BCUT2D eigenvalue weighted by Crippen LogP contribution is -2.49. The van der Waals surface area contributed by atoms with Crippen LogP contribution in [0.3, 0.4) is 0 Å². The van der Waals surface area contributed by atoms with Crippen LogP contribution in [0.4, 0.5) is 0 Å². The van der Waals surface area contributed by atoms with E-state index in [9.17, 15) is 9.90 Å². The summed E-state index contributed by atoms with van der Waals surface area (Å²) < 4.78 is 0. The molecule has 0 saturated heterocycles. The standard InChI is InChI=1S/C11H16O2.Mg.2H/c12-10(13)11-4-7-1-8(5-11)3-9(2-7)6-11;;;/h7-9H,1-6H2,(H,12,13);;;. The van der Waals surface area contributed by atoms with E-state index in [0.29, 0.717) is 0 Å². The first-order valence-electron chi connectivity index (χ1n) is 5.41. The fraction of sp³-hybridized carbons (Fsp3) is 0.909. The molecule has 0 aromatic rings. The van der Waals surface area contributed by atoms with Crippen molar-refractivity contribution < 1.29 is 9.90 Å². The van der Waals surface area contributed by atoms with Crippen molar-refractivity contribution in [3.05, 3.63) is 0 Å². The second kappa shape index (κ2) is 3.37. The molecule has 0 aromatic heterocycles. The van der Waals surface area contributed by atoms with Gasteiger partial charge in [-0.2, -0.15) is 0 Å². The van der Waals surface area contributed by atoms with Gasteiger partial charge in [-0.05, 0) is 56.3 Å². The van der Waals surface area contributed by atoms with Gasteiger partial charge in [0.1, 0.15) is 0 Å². The lowest BCUT2D eigenvalue weighted by atomic mass is 9.49. The second-order valence-corrected chi connectivity index (χ2v) is 5.50. The zero-order valence-corrected chi connectivity index (χ0v) is 7.83. The van der Waals surface area contributed by atoms with Gasteiger partial charge in [0.15, 0.2) is 0 Å². The summed E-state index contributed by atoms with van der Waals surface area (Å²) in [5, 5.41) is 9.28. The second-order valence-electron chi connectivity index (χ2n) is 5.50. The van der Waals surface area contributed by atoms with Crippen LogP contribution in [0.15, 0.2) is 0 Å². The Kier molecular flexibility index (Phi) is 2.59. The van der Waals surface area contributed by atoms with E-state index < -0.39 is 5.97 Å². The quantitative estimate of drug-likeness (QED) is 0.658. The highest BCUT2D eigenvalue weighted by Crippen LogP contribution is 2.59. The average molecular weight is 207 g/mol. The monoisotopic (exact) mass is 206 g/mol. The number of hydrogen-bond acceptors (Lipinski definition) is 1. The molecule has 4 aliphatic carbocycles. The van der Waals surface area contributed by atoms with Crippen molar-refractivity contribution in [2.45, 2.75) is 38.5 Å². The van der Waals surface area contributed by atoms with Crippen LogP contribution in [0.1, 0.15) is 38.5 Å². The molecular weight excluding hydrogens is 188 g/mol. The van der Waals surface area contributed by atoms with Gasteiger partial charge in [0.2, 0.25) is 0 Å². The molecule has 14 heavy (non-hydrogen) atoms. The molecule has 0 heterocycles. The van der Waals surface area contributed by atoms with Crippen LogP contribution in [0.5, 0.6) is 0 Å². The smallest absolute Gasteiger partial charge is 0.316 e. The Labute approximate surface area is 101 Å². The van der Waals surface area contributed by atoms with Gasteiger partial charge in [-0.3, -0.25) is 4.79 Å². The molecule has 0 aliphatic heterocycles. The van der Waals surface area contributed by atoms with Crippen molar-refractivity contribution in [2.24, 2.45) is 23.2 Å². The van der Waals surface area contributed by atoms with Crippen LogP contribution in [0.2, 0.25) is 0 Å². The average Bonchev–Trinajstić information content (AvgIpc) is 2.00. The van der Waals surface area contributed by atoms with Crippen LogP contribution < -0.4 is 0 Å². The van der Waals surface area contributed by atoms with Gasteiger partial charge >= 0.3 is 29.0 Å². The van der Waals surface area contributed by atoms with E-state index in [2.05, 4.69) is 0 Å². The number of carboxylic acids is 1. The van der Waals surface area contributed by atoms with Crippen LogP contribution in [0, 0.1) is 23.2 Å². The van der Waals surface area contributed by atoms with E-state index >= 15 is 0 Å². The lowest BCUT2D eigenvalue weighted by Gasteiger charge is -2.54. The molecule has 0 atom stereocenters. The molecule has 1 N–H and O–H groups in total. The van der Waals surface area contributed by atoms with Crippen molar-refractivity contribution in [3.8, 4) is 0 Å². The van der Waals surface area contributed by atoms with Crippen LogP contribution in [-0.4, -0.2) is 34.1 Å². The number of carboxylic acid groups (broad SMARTS) is 1. The minimum atomic E-state index is -0.508. The summed E-state index contributed by atoms with van der Waals surface area (Å²) in [6, 6.07) is 0. The number of hydrogen-bond donors (Lipinski definition) is 1. The molecular formula is C11H18MgO2. The van der Waals surface area contributed by atoms with Gasteiger partial charge in [-0.25, -0.2) is 0 Å². The van der Waals surface area contributed by atoms with Gasteiger partial charge in [-0.15, -0.1) is 0 Å². The third-order valence-electron chi connectivity index (χ3n) is 4.49. The Balaban J connectivity index is 0.000000750. The summed E-state index contributed by atoms with van der Waals surface area (Å²) in [4.78, 5) is 11.3. The summed E-state index contributed by atoms with van der Waals surface area (Å²) in [6.07, 6.45) is 6.92. The van der Waals surface area contributed by atoms with Crippen molar-refractivity contribution in [1.82, 2.24) is 0 Å². The summed E-state index contributed by atoms with van der Waals surface area (Å²) in [7, 11) is 0.